The molecule has 0 aliphatic carbocycles. The van der Waals surface area contributed by atoms with Crippen LogP contribution in [-0.4, -0.2) is 38.4 Å². The van der Waals surface area contributed by atoms with Gasteiger partial charge in [-0.05, 0) is 24.3 Å². The van der Waals surface area contributed by atoms with Gasteiger partial charge in [-0.25, -0.2) is 13.9 Å². The van der Waals surface area contributed by atoms with E-state index in [1.165, 1.54) is 12.1 Å². The molecule has 0 unspecified atom stereocenters. The number of hydrogen-bond donors (Lipinski definition) is 1. The van der Waals surface area contributed by atoms with Crippen LogP contribution in [0.25, 0.3) is 16.9 Å². The quantitative estimate of drug-likeness (QED) is 0.369. The van der Waals surface area contributed by atoms with Gasteiger partial charge in [0.15, 0.2) is 0 Å². The fraction of sp³-hybridized carbons (Fsp3) is 0.167. The van der Waals surface area contributed by atoms with Crippen molar-refractivity contribution < 1.29 is 40.6 Å². The van der Waals surface area contributed by atoms with Crippen LogP contribution >= 0.6 is 34.8 Å². The van der Waals surface area contributed by atoms with Gasteiger partial charge >= 0.3 is 24.0 Å². The third-order valence-corrected chi connectivity index (χ3v) is 5.32. The fourth-order valence-electron chi connectivity index (χ4n) is 2.83. The first-order chi connectivity index (χ1) is 15.1. The Morgan fingerprint density at radius 2 is 1.42 bits per heavy atom. The Bertz CT molecular complexity index is 1200. The number of halogens is 10. The van der Waals surface area contributed by atoms with E-state index < -0.39 is 39.6 Å². The zero-order valence-electron chi connectivity index (χ0n) is 15.4. The van der Waals surface area contributed by atoms with E-state index in [1.807, 2.05) is 0 Å². The van der Waals surface area contributed by atoms with Gasteiger partial charge in [-0.2, -0.15) is 26.3 Å². The summed E-state index contributed by atoms with van der Waals surface area (Å²) in [6.45, 7) is 0. The number of hydrogen-bond acceptors (Lipinski definition) is 3. The molecule has 33 heavy (non-hydrogen) atoms. The van der Waals surface area contributed by atoms with E-state index in [-0.39, 0.29) is 39.7 Å². The zero-order chi connectivity index (χ0) is 24.9. The molecule has 0 spiro atoms. The van der Waals surface area contributed by atoms with Crippen molar-refractivity contribution in [3.05, 3.63) is 62.7 Å². The van der Waals surface area contributed by atoms with Crippen molar-refractivity contribution in [3.8, 4) is 16.9 Å². The van der Waals surface area contributed by atoms with Crippen LogP contribution in [0.5, 0.6) is 0 Å². The van der Waals surface area contributed by atoms with Crippen molar-refractivity contribution >= 4 is 40.8 Å². The van der Waals surface area contributed by atoms with E-state index in [9.17, 15) is 35.5 Å². The molecule has 0 aliphatic rings. The van der Waals surface area contributed by atoms with Crippen molar-refractivity contribution in [2.45, 2.75) is 18.0 Å². The minimum atomic E-state index is -6.35. The lowest BCUT2D eigenvalue weighted by molar-refractivity contribution is -0.348. The number of alkyl halides is 7. The molecule has 0 radical (unpaired) electrons. The largest absolute Gasteiger partial charge is 0.478 e. The maximum Gasteiger partial charge on any atom is 0.435 e. The van der Waals surface area contributed by atoms with Crippen LogP contribution in [0.4, 0.5) is 30.7 Å². The molecule has 1 heterocycles. The number of carboxylic acids is 1. The highest BCUT2D eigenvalue weighted by molar-refractivity contribution is 6.38. The Morgan fingerprint density at radius 1 is 0.879 bits per heavy atom. The van der Waals surface area contributed by atoms with Crippen LogP contribution in [0.3, 0.4) is 0 Å². The van der Waals surface area contributed by atoms with Gasteiger partial charge in [-0.1, -0.05) is 46.1 Å². The Morgan fingerprint density at radius 3 is 1.91 bits per heavy atom. The van der Waals surface area contributed by atoms with Gasteiger partial charge in [0.05, 0.1) is 26.8 Å². The second-order valence-corrected chi connectivity index (χ2v) is 7.71. The molecule has 3 aromatic rings. The number of nitrogens with zero attached hydrogens (tertiary/aromatic N) is 3. The standard InChI is InChI=1S/C18H7Cl3F7N3O2/c19-10-2-1-7(3-9(10)15(32)33)13-6-31(30-29-13)14-11(20)4-8(5-12(14)21)16(22,17(23,24)25)18(26,27)28/h1-6H,(H,32,33). The summed E-state index contributed by atoms with van der Waals surface area (Å²) in [6.07, 6.45) is -11.6. The second-order valence-electron chi connectivity index (χ2n) is 6.49. The van der Waals surface area contributed by atoms with E-state index in [4.69, 9.17) is 39.9 Å². The molecular formula is C18H7Cl3F7N3O2. The Kier molecular flexibility index (Phi) is 6.33. The lowest BCUT2D eigenvalue weighted by atomic mass is 9.94. The lowest BCUT2D eigenvalue weighted by Gasteiger charge is -2.30. The minimum absolute atomic E-state index is 0.0378. The molecule has 15 heteroatoms. The highest BCUT2D eigenvalue weighted by atomic mass is 35.5. The predicted octanol–water partition coefficient (Wildman–Crippen LogP) is 6.88. The molecule has 1 N–H and O–H groups in total. The topological polar surface area (TPSA) is 68.0 Å². The van der Waals surface area contributed by atoms with Gasteiger partial charge in [0, 0.05) is 11.1 Å². The third kappa shape index (κ3) is 4.34. The summed E-state index contributed by atoms with van der Waals surface area (Å²) < 4.78 is 93.3. The second kappa shape index (κ2) is 8.33. The van der Waals surface area contributed by atoms with Crippen LogP contribution in [0.15, 0.2) is 36.5 Å². The minimum Gasteiger partial charge on any atom is -0.478 e. The van der Waals surface area contributed by atoms with Gasteiger partial charge in [0.1, 0.15) is 11.4 Å². The molecule has 0 amide bonds. The Labute approximate surface area is 194 Å². The predicted molar refractivity (Wildman–Crippen MR) is 104 cm³/mol. The molecule has 1 aromatic heterocycles. The van der Waals surface area contributed by atoms with Gasteiger partial charge < -0.3 is 5.11 Å². The van der Waals surface area contributed by atoms with Gasteiger partial charge in [-0.3, -0.25) is 0 Å². The van der Waals surface area contributed by atoms with Crippen LogP contribution in [-0.2, 0) is 5.67 Å². The average molecular weight is 537 g/mol. The molecule has 0 saturated carbocycles. The number of aromatic nitrogens is 3. The number of carbonyl (C=O) groups is 1. The molecule has 2 aromatic carbocycles. The summed E-state index contributed by atoms with van der Waals surface area (Å²) >= 11 is 17.5. The maximum atomic E-state index is 14.3. The summed E-state index contributed by atoms with van der Waals surface area (Å²) in [5, 5.41) is 14.9. The van der Waals surface area contributed by atoms with E-state index >= 15 is 0 Å². The van der Waals surface area contributed by atoms with Crippen molar-refractivity contribution in [2.24, 2.45) is 0 Å². The number of carboxylic acid groups (broad SMARTS) is 1. The van der Waals surface area contributed by atoms with E-state index in [0.29, 0.717) is 0 Å². The Hall–Kier alpha value is -2.57. The summed E-state index contributed by atoms with van der Waals surface area (Å²) in [4.78, 5) is 11.2. The summed E-state index contributed by atoms with van der Waals surface area (Å²) in [6, 6.07) is 4.09. The van der Waals surface area contributed by atoms with Crippen molar-refractivity contribution in [1.29, 1.82) is 0 Å². The van der Waals surface area contributed by atoms with Crippen LogP contribution in [0.2, 0.25) is 15.1 Å². The maximum absolute atomic E-state index is 14.3. The van der Waals surface area contributed by atoms with E-state index in [0.717, 1.165) is 16.9 Å². The van der Waals surface area contributed by atoms with Gasteiger partial charge in [0.2, 0.25) is 0 Å². The molecule has 5 nitrogen and oxygen atoms in total. The lowest BCUT2D eigenvalue weighted by Crippen LogP contribution is -2.50. The molecule has 0 aliphatic heterocycles. The summed E-state index contributed by atoms with van der Waals surface area (Å²) in [7, 11) is 0. The van der Waals surface area contributed by atoms with E-state index in [1.54, 1.807) is 0 Å². The van der Waals surface area contributed by atoms with Crippen molar-refractivity contribution in [2.75, 3.05) is 0 Å². The molecule has 176 valence electrons. The SMILES string of the molecule is O=C(O)c1cc(-c2cn(-c3c(Cl)cc(C(F)(C(F)(F)F)C(F)(F)F)cc3Cl)nn2)ccc1Cl. The number of aromatic carboxylic acids is 1. The normalized spacial score (nSPS) is 12.8. The molecule has 0 saturated heterocycles. The van der Waals surface area contributed by atoms with Gasteiger partial charge in [-0.15, -0.1) is 5.10 Å². The summed E-state index contributed by atoms with van der Waals surface area (Å²) in [5.41, 5.74) is -8.00. The highest BCUT2D eigenvalue weighted by Crippen LogP contribution is 2.54. The number of benzene rings is 2. The smallest absolute Gasteiger partial charge is 0.435 e. The monoisotopic (exact) mass is 535 g/mol. The Balaban J connectivity index is 2.10. The first kappa shape index (κ1) is 25.1. The highest BCUT2D eigenvalue weighted by Gasteiger charge is 2.73. The van der Waals surface area contributed by atoms with E-state index in [2.05, 4.69) is 10.3 Å². The fourth-order valence-corrected chi connectivity index (χ4v) is 3.68. The first-order valence-corrected chi connectivity index (χ1v) is 9.49. The summed E-state index contributed by atoms with van der Waals surface area (Å²) in [5.74, 6) is -1.33. The van der Waals surface area contributed by atoms with Crippen molar-refractivity contribution in [3.63, 3.8) is 0 Å². The first-order valence-electron chi connectivity index (χ1n) is 8.35. The van der Waals surface area contributed by atoms with Crippen LogP contribution in [0, 0.1) is 0 Å². The average Bonchev–Trinajstić information content (AvgIpc) is 3.14. The zero-order valence-corrected chi connectivity index (χ0v) is 17.7. The third-order valence-electron chi connectivity index (χ3n) is 4.41. The van der Waals surface area contributed by atoms with Crippen molar-refractivity contribution in [1.82, 2.24) is 15.0 Å². The molecular weight excluding hydrogens is 530 g/mol. The molecule has 0 atom stereocenters. The molecule has 3 rings (SSSR count). The molecule has 0 bridgehead atoms. The van der Waals surface area contributed by atoms with Gasteiger partial charge in [0.25, 0.3) is 0 Å². The number of rotatable bonds is 4. The van der Waals surface area contributed by atoms with Crippen LogP contribution < -0.4 is 0 Å². The molecule has 0 fully saturated rings. The van der Waals surface area contributed by atoms with Crippen LogP contribution in [0.1, 0.15) is 15.9 Å².